The Morgan fingerprint density at radius 2 is 2.13 bits per heavy atom. The van der Waals surface area contributed by atoms with Crippen molar-refractivity contribution in [2.75, 3.05) is 7.11 Å². The number of imidazole rings is 1. The molecule has 3 N–H and O–H groups in total. The molecule has 158 valence electrons. The van der Waals surface area contributed by atoms with E-state index in [-0.39, 0.29) is 11.8 Å². The average Bonchev–Trinajstić information content (AvgIpc) is 3.46. The first kappa shape index (κ1) is 19.1. The third kappa shape index (κ3) is 3.09. The Morgan fingerprint density at radius 1 is 1.29 bits per heavy atom. The lowest BCUT2D eigenvalue weighted by Gasteiger charge is -2.12. The first-order valence-corrected chi connectivity index (χ1v) is 9.89. The molecule has 0 saturated carbocycles. The number of amides is 1. The topological polar surface area (TPSA) is 107 Å². The number of phenolic OH excluding ortho intramolecular Hbond substituents is 1. The van der Waals surface area contributed by atoms with Gasteiger partial charge in [0, 0.05) is 5.39 Å². The molecule has 1 aliphatic heterocycles. The van der Waals surface area contributed by atoms with Crippen molar-refractivity contribution in [3.05, 3.63) is 53.1 Å². The number of halogens is 1. The van der Waals surface area contributed by atoms with E-state index >= 15 is 0 Å². The van der Waals surface area contributed by atoms with Gasteiger partial charge in [0.1, 0.15) is 5.69 Å². The number of fused-ring (bicyclic) bond motifs is 2. The average molecular weight is 421 g/mol. The van der Waals surface area contributed by atoms with Crippen LogP contribution in [0.3, 0.4) is 0 Å². The van der Waals surface area contributed by atoms with Crippen molar-refractivity contribution in [3.63, 3.8) is 0 Å². The van der Waals surface area contributed by atoms with Gasteiger partial charge in [0.15, 0.2) is 17.4 Å². The number of aryl methyl sites for hydroxylation is 1. The van der Waals surface area contributed by atoms with Crippen LogP contribution in [0.2, 0.25) is 0 Å². The maximum absolute atomic E-state index is 14.0. The van der Waals surface area contributed by atoms with Crippen LogP contribution >= 0.6 is 0 Å². The van der Waals surface area contributed by atoms with E-state index < -0.39 is 5.82 Å². The molecule has 0 bridgehead atoms. The lowest BCUT2D eigenvalue weighted by molar-refractivity contribution is 0.122. The second-order valence-electron chi connectivity index (χ2n) is 7.48. The SMILES string of the molecule is CCc1cc(O)c(F)cc1-c1ccc2c(-c3nc4c([nH]3)CN(C(=O)OC)C4)n[nH]c2c1. The van der Waals surface area contributed by atoms with Crippen LogP contribution in [0.25, 0.3) is 33.5 Å². The third-order valence-corrected chi connectivity index (χ3v) is 5.64. The van der Waals surface area contributed by atoms with Gasteiger partial charge >= 0.3 is 6.09 Å². The van der Waals surface area contributed by atoms with Gasteiger partial charge in [0.2, 0.25) is 0 Å². The third-order valence-electron chi connectivity index (χ3n) is 5.64. The molecule has 0 spiro atoms. The van der Waals surface area contributed by atoms with E-state index in [1.165, 1.54) is 19.2 Å². The highest BCUT2D eigenvalue weighted by molar-refractivity contribution is 5.94. The molecule has 0 atom stereocenters. The second kappa shape index (κ2) is 7.12. The number of benzene rings is 2. The Bertz CT molecular complexity index is 1300. The largest absolute Gasteiger partial charge is 0.505 e. The maximum Gasteiger partial charge on any atom is 0.410 e. The monoisotopic (exact) mass is 421 g/mol. The Morgan fingerprint density at radius 3 is 2.87 bits per heavy atom. The van der Waals surface area contributed by atoms with Gasteiger partial charge in [-0.2, -0.15) is 5.10 Å². The molecule has 4 aromatic rings. The van der Waals surface area contributed by atoms with Crippen molar-refractivity contribution >= 4 is 17.0 Å². The molecule has 0 fully saturated rings. The summed E-state index contributed by atoms with van der Waals surface area (Å²) in [6.45, 7) is 2.76. The lowest BCUT2D eigenvalue weighted by Crippen LogP contribution is -2.25. The Hall–Kier alpha value is -3.88. The summed E-state index contributed by atoms with van der Waals surface area (Å²) in [7, 11) is 1.36. The number of aromatic amines is 2. The summed E-state index contributed by atoms with van der Waals surface area (Å²) in [5, 5.41) is 18.0. The van der Waals surface area contributed by atoms with Crippen LogP contribution in [-0.2, 0) is 24.2 Å². The van der Waals surface area contributed by atoms with Gasteiger partial charge in [-0.15, -0.1) is 0 Å². The second-order valence-corrected chi connectivity index (χ2v) is 7.48. The molecule has 31 heavy (non-hydrogen) atoms. The molecule has 0 unspecified atom stereocenters. The number of methoxy groups -OCH3 is 1. The number of aromatic hydroxyl groups is 1. The lowest BCUT2D eigenvalue weighted by atomic mass is 9.96. The number of phenols is 1. The maximum atomic E-state index is 14.0. The van der Waals surface area contributed by atoms with Crippen molar-refractivity contribution in [3.8, 4) is 28.4 Å². The normalized spacial score (nSPS) is 13.1. The zero-order valence-corrected chi connectivity index (χ0v) is 17.0. The highest BCUT2D eigenvalue weighted by Gasteiger charge is 2.28. The molecule has 8 nitrogen and oxygen atoms in total. The summed E-state index contributed by atoms with van der Waals surface area (Å²) in [6, 6.07) is 8.56. The molecular formula is C22H20FN5O3. The fraction of sp³-hybridized carbons (Fsp3) is 0.227. The fourth-order valence-corrected chi connectivity index (χ4v) is 4.04. The molecule has 0 aliphatic carbocycles. The van der Waals surface area contributed by atoms with E-state index in [4.69, 9.17) is 4.74 Å². The highest BCUT2D eigenvalue weighted by Crippen LogP contribution is 2.34. The van der Waals surface area contributed by atoms with Gasteiger partial charge in [-0.05, 0) is 47.4 Å². The number of hydrogen-bond donors (Lipinski definition) is 3. The summed E-state index contributed by atoms with van der Waals surface area (Å²) in [4.78, 5) is 21.1. The number of carbonyl (C=O) groups is 1. The molecule has 3 heterocycles. The summed E-state index contributed by atoms with van der Waals surface area (Å²) in [6.07, 6.45) is 0.276. The molecule has 2 aromatic heterocycles. The van der Waals surface area contributed by atoms with Gasteiger partial charge in [-0.25, -0.2) is 14.2 Å². The Balaban J connectivity index is 1.50. The van der Waals surface area contributed by atoms with E-state index in [0.29, 0.717) is 31.0 Å². The zero-order valence-electron chi connectivity index (χ0n) is 17.0. The first-order chi connectivity index (χ1) is 15.0. The van der Waals surface area contributed by atoms with Gasteiger partial charge in [-0.3, -0.25) is 10.00 Å². The van der Waals surface area contributed by atoms with Gasteiger partial charge < -0.3 is 14.8 Å². The van der Waals surface area contributed by atoms with Crippen LogP contribution in [0.4, 0.5) is 9.18 Å². The number of ether oxygens (including phenoxy) is 1. The number of H-pyrrole nitrogens is 2. The molecule has 0 radical (unpaired) electrons. The summed E-state index contributed by atoms with van der Waals surface area (Å²) in [5.41, 5.74) is 5.53. The van der Waals surface area contributed by atoms with Crippen LogP contribution < -0.4 is 0 Å². The van der Waals surface area contributed by atoms with E-state index in [1.54, 1.807) is 4.90 Å². The molecule has 0 saturated heterocycles. The fourth-order valence-electron chi connectivity index (χ4n) is 4.04. The van der Waals surface area contributed by atoms with E-state index in [0.717, 1.165) is 39.0 Å². The highest BCUT2D eigenvalue weighted by atomic mass is 19.1. The van der Waals surface area contributed by atoms with Crippen LogP contribution in [-0.4, -0.2) is 43.4 Å². The molecule has 5 rings (SSSR count). The van der Waals surface area contributed by atoms with Crippen molar-refractivity contribution < 1.29 is 19.0 Å². The van der Waals surface area contributed by atoms with Crippen LogP contribution in [0.15, 0.2) is 30.3 Å². The number of hydrogen-bond acceptors (Lipinski definition) is 5. The smallest absolute Gasteiger partial charge is 0.410 e. The van der Waals surface area contributed by atoms with Gasteiger partial charge in [0.25, 0.3) is 0 Å². The minimum absolute atomic E-state index is 0.345. The summed E-state index contributed by atoms with van der Waals surface area (Å²) >= 11 is 0. The molecule has 9 heteroatoms. The van der Waals surface area contributed by atoms with Crippen LogP contribution in [0, 0.1) is 5.82 Å². The predicted molar refractivity (Wildman–Crippen MR) is 112 cm³/mol. The molecule has 1 amide bonds. The zero-order chi connectivity index (χ0) is 21.7. The van der Waals surface area contributed by atoms with Gasteiger partial charge in [-0.1, -0.05) is 13.0 Å². The van der Waals surface area contributed by atoms with Crippen molar-refractivity contribution in [1.29, 1.82) is 0 Å². The van der Waals surface area contributed by atoms with Crippen molar-refractivity contribution in [2.24, 2.45) is 0 Å². The standard InChI is InChI=1S/C22H20FN5O3/c1-3-11-7-19(29)15(23)8-14(11)12-4-5-13-16(6-12)26-27-20(13)21-24-17-9-28(22(30)31-2)10-18(17)25-21/h4-8,29H,3,9-10H2,1-2H3,(H,24,25)(H,26,27). The van der Waals surface area contributed by atoms with Crippen molar-refractivity contribution in [2.45, 2.75) is 26.4 Å². The van der Waals surface area contributed by atoms with E-state index in [1.807, 2.05) is 25.1 Å². The minimum atomic E-state index is -0.649. The van der Waals surface area contributed by atoms with E-state index in [2.05, 4.69) is 20.2 Å². The van der Waals surface area contributed by atoms with Crippen LogP contribution in [0.5, 0.6) is 5.75 Å². The van der Waals surface area contributed by atoms with Crippen LogP contribution in [0.1, 0.15) is 23.9 Å². The number of nitrogens with zero attached hydrogens (tertiary/aromatic N) is 3. The number of rotatable bonds is 3. The minimum Gasteiger partial charge on any atom is -0.505 e. The quantitative estimate of drug-likeness (QED) is 0.462. The summed E-state index contributed by atoms with van der Waals surface area (Å²) in [5.74, 6) is -0.371. The first-order valence-electron chi connectivity index (χ1n) is 9.89. The molecule has 1 aliphatic rings. The number of carbonyl (C=O) groups excluding carboxylic acids is 1. The molecular weight excluding hydrogens is 401 g/mol. The van der Waals surface area contributed by atoms with Crippen molar-refractivity contribution in [1.82, 2.24) is 25.1 Å². The number of nitrogens with one attached hydrogen (secondary N) is 2. The predicted octanol–water partition coefficient (Wildman–Crippen LogP) is 4.11. The van der Waals surface area contributed by atoms with Gasteiger partial charge in [0.05, 0.1) is 37.1 Å². The Labute approximate surface area is 176 Å². The molecule has 2 aromatic carbocycles. The summed E-state index contributed by atoms with van der Waals surface area (Å²) < 4.78 is 18.7. The Kier molecular flexibility index (Phi) is 4.39. The number of aromatic nitrogens is 4. The van der Waals surface area contributed by atoms with E-state index in [9.17, 15) is 14.3 Å².